The maximum absolute atomic E-state index is 12.1. The smallest absolute Gasteiger partial charge is 0.239 e. The fourth-order valence-electron chi connectivity index (χ4n) is 2.24. The molecule has 2 fully saturated rings. The Labute approximate surface area is 95.1 Å². The summed E-state index contributed by atoms with van der Waals surface area (Å²) in [7, 11) is 0. The molecule has 2 saturated heterocycles. The van der Waals surface area contributed by atoms with Crippen molar-refractivity contribution in [1.29, 1.82) is 0 Å². The van der Waals surface area contributed by atoms with Gasteiger partial charge in [-0.1, -0.05) is 0 Å². The van der Waals surface area contributed by atoms with E-state index in [1.165, 1.54) is 0 Å². The molecule has 5 heteroatoms. The molecular weight excluding hydrogens is 208 g/mol. The van der Waals surface area contributed by atoms with Gasteiger partial charge >= 0.3 is 0 Å². The number of rotatable bonds is 1. The van der Waals surface area contributed by atoms with Gasteiger partial charge in [0.15, 0.2) is 0 Å². The molecule has 90 valence electrons. The summed E-state index contributed by atoms with van der Waals surface area (Å²) in [6.07, 6.45) is 1.77. The van der Waals surface area contributed by atoms with Gasteiger partial charge in [-0.3, -0.25) is 9.59 Å². The maximum atomic E-state index is 12.1. The highest BCUT2D eigenvalue weighted by atomic mass is 16.5. The van der Waals surface area contributed by atoms with E-state index in [9.17, 15) is 9.59 Å². The lowest BCUT2D eigenvalue weighted by atomic mass is 10.0. The zero-order valence-corrected chi connectivity index (χ0v) is 9.57. The number of ether oxygens (including phenoxy) is 1. The molecule has 1 N–H and O–H groups in total. The van der Waals surface area contributed by atoms with Crippen molar-refractivity contribution in [2.24, 2.45) is 5.92 Å². The van der Waals surface area contributed by atoms with Crippen molar-refractivity contribution < 1.29 is 14.3 Å². The lowest BCUT2D eigenvalue weighted by molar-refractivity contribution is -0.138. The van der Waals surface area contributed by atoms with E-state index in [1.807, 2.05) is 6.92 Å². The normalized spacial score (nSPS) is 31.1. The largest absolute Gasteiger partial charge is 0.378 e. The van der Waals surface area contributed by atoms with Crippen molar-refractivity contribution in [3.63, 3.8) is 0 Å². The second kappa shape index (κ2) is 4.82. The van der Waals surface area contributed by atoms with Crippen LogP contribution in [-0.2, 0) is 14.3 Å². The Bertz CT molecular complexity index is 293. The minimum Gasteiger partial charge on any atom is -0.378 e. The van der Waals surface area contributed by atoms with Gasteiger partial charge < -0.3 is 15.0 Å². The Kier molecular flexibility index (Phi) is 3.43. The van der Waals surface area contributed by atoms with Gasteiger partial charge in [0.2, 0.25) is 11.8 Å². The van der Waals surface area contributed by atoms with Crippen molar-refractivity contribution in [1.82, 2.24) is 10.2 Å². The topological polar surface area (TPSA) is 58.6 Å². The first-order valence-electron chi connectivity index (χ1n) is 5.84. The SMILES string of the molecule is CC1CC(C(=O)N2CCCNC(=O)C2)CO1. The van der Waals surface area contributed by atoms with E-state index in [0.717, 1.165) is 12.8 Å². The number of carbonyl (C=O) groups is 2. The summed E-state index contributed by atoms with van der Waals surface area (Å²) in [5.74, 6) is -0.0416. The Morgan fingerprint density at radius 1 is 1.56 bits per heavy atom. The van der Waals surface area contributed by atoms with Gasteiger partial charge in [-0.25, -0.2) is 0 Å². The van der Waals surface area contributed by atoms with Gasteiger partial charge in [0.1, 0.15) is 0 Å². The van der Waals surface area contributed by atoms with Crippen molar-refractivity contribution in [2.45, 2.75) is 25.9 Å². The van der Waals surface area contributed by atoms with Crippen LogP contribution in [0.25, 0.3) is 0 Å². The first-order chi connectivity index (χ1) is 7.66. The van der Waals surface area contributed by atoms with Crippen molar-refractivity contribution in [3.8, 4) is 0 Å². The van der Waals surface area contributed by atoms with Crippen molar-refractivity contribution in [3.05, 3.63) is 0 Å². The van der Waals surface area contributed by atoms with Crippen LogP contribution in [0.1, 0.15) is 19.8 Å². The van der Waals surface area contributed by atoms with Crippen LogP contribution in [0.5, 0.6) is 0 Å². The van der Waals surface area contributed by atoms with Gasteiger partial charge in [-0.15, -0.1) is 0 Å². The molecule has 0 radical (unpaired) electrons. The van der Waals surface area contributed by atoms with Crippen LogP contribution in [0, 0.1) is 5.92 Å². The molecule has 2 heterocycles. The third-order valence-electron chi connectivity index (χ3n) is 3.12. The van der Waals surface area contributed by atoms with Crippen LogP contribution in [-0.4, -0.2) is 49.1 Å². The third-order valence-corrected chi connectivity index (χ3v) is 3.12. The van der Waals surface area contributed by atoms with Crippen molar-refractivity contribution >= 4 is 11.8 Å². The molecule has 2 atom stereocenters. The maximum Gasteiger partial charge on any atom is 0.239 e. The Balaban J connectivity index is 1.95. The summed E-state index contributed by atoms with van der Waals surface area (Å²) in [6.45, 7) is 4.01. The summed E-state index contributed by atoms with van der Waals surface area (Å²) in [5, 5.41) is 2.76. The number of amides is 2. The van der Waals surface area contributed by atoms with Gasteiger partial charge in [-0.2, -0.15) is 0 Å². The summed E-state index contributed by atoms with van der Waals surface area (Å²) < 4.78 is 5.39. The molecule has 0 aromatic rings. The fraction of sp³-hybridized carbons (Fsp3) is 0.818. The summed E-state index contributed by atoms with van der Waals surface area (Å²) in [4.78, 5) is 25.1. The van der Waals surface area contributed by atoms with E-state index in [-0.39, 0.29) is 30.4 Å². The van der Waals surface area contributed by atoms with Gasteiger partial charge in [0.25, 0.3) is 0 Å². The standard InChI is InChI=1S/C11H18N2O3/c1-8-5-9(7-16-8)11(15)13-4-2-3-12-10(14)6-13/h8-9H,2-7H2,1H3,(H,12,14). The number of hydrogen-bond donors (Lipinski definition) is 1. The first kappa shape index (κ1) is 11.4. The van der Waals surface area contributed by atoms with E-state index in [2.05, 4.69) is 5.32 Å². The van der Waals surface area contributed by atoms with Crippen LogP contribution < -0.4 is 5.32 Å². The molecule has 0 aliphatic carbocycles. The Morgan fingerprint density at radius 3 is 3.06 bits per heavy atom. The zero-order valence-electron chi connectivity index (χ0n) is 9.57. The lowest BCUT2D eigenvalue weighted by Crippen LogP contribution is -2.40. The highest BCUT2D eigenvalue weighted by Gasteiger charge is 2.32. The Hall–Kier alpha value is -1.10. The molecule has 16 heavy (non-hydrogen) atoms. The van der Waals surface area contributed by atoms with Gasteiger partial charge in [0.05, 0.1) is 25.2 Å². The highest BCUT2D eigenvalue weighted by Crippen LogP contribution is 2.21. The average Bonchev–Trinajstić information content (AvgIpc) is 2.56. The molecule has 0 saturated carbocycles. The van der Waals surface area contributed by atoms with E-state index < -0.39 is 0 Å². The van der Waals surface area contributed by atoms with Gasteiger partial charge in [0, 0.05) is 13.1 Å². The minimum absolute atomic E-state index is 0.0547. The lowest BCUT2D eigenvalue weighted by Gasteiger charge is -2.21. The molecule has 0 aromatic carbocycles. The molecule has 2 aliphatic heterocycles. The molecule has 2 unspecified atom stereocenters. The molecule has 5 nitrogen and oxygen atoms in total. The minimum atomic E-state index is -0.0576. The van der Waals surface area contributed by atoms with E-state index in [4.69, 9.17) is 4.74 Å². The van der Waals surface area contributed by atoms with E-state index in [1.54, 1.807) is 4.90 Å². The van der Waals surface area contributed by atoms with Crippen LogP contribution in [0.15, 0.2) is 0 Å². The number of carbonyl (C=O) groups excluding carboxylic acids is 2. The average molecular weight is 226 g/mol. The second-order valence-electron chi connectivity index (χ2n) is 4.54. The van der Waals surface area contributed by atoms with E-state index >= 15 is 0 Å². The second-order valence-corrected chi connectivity index (χ2v) is 4.54. The fourth-order valence-corrected chi connectivity index (χ4v) is 2.24. The molecule has 0 spiro atoms. The number of nitrogens with one attached hydrogen (secondary N) is 1. The molecule has 2 amide bonds. The van der Waals surface area contributed by atoms with Crippen LogP contribution >= 0.6 is 0 Å². The number of nitrogens with zero attached hydrogens (tertiary/aromatic N) is 1. The summed E-state index contributed by atoms with van der Waals surface area (Å²) >= 11 is 0. The molecular formula is C11H18N2O3. The summed E-state index contributed by atoms with van der Waals surface area (Å²) in [6, 6.07) is 0. The quantitative estimate of drug-likeness (QED) is 0.671. The molecule has 2 aliphatic rings. The third kappa shape index (κ3) is 2.52. The monoisotopic (exact) mass is 226 g/mol. The molecule has 0 bridgehead atoms. The van der Waals surface area contributed by atoms with Crippen molar-refractivity contribution in [2.75, 3.05) is 26.2 Å². The Morgan fingerprint density at radius 2 is 2.38 bits per heavy atom. The highest BCUT2D eigenvalue weighted by molar-refractivity contribution is 5.86. The molecule has 0 aromatic heterocycles. The van der Waals surface area contributed by atoms with Crippen LogP contribution in [0.4, 0.5) is 0 Å². The van der Waals surface area contributed by atoms with Crippen LogP contribution in [0.2, 0.25) is 0 Å². The van der Waals surface area contributed by atoms with Gasteiger partial charge in [-0.05, 0) is 19.8 Å². The molecule has 2 rings (SSSR count). The zero-order chi connectivity index (χ0) is 11.5. The summed E-state index contributed by atoms with van der Waals surface area (Å²) in [5.41, 5.74) is 0. The predicted octanol–water partition coefficient (Wildman–Crippen LogP) is -0.240. The predicted molar refractivity (Wildman–Crippen MR) is 57.7 cm³/mol. The number of hydrogen-bond acceptors (Lipinski definition) is 3. The van der Waals surface area contributed by atoms with Crippen LogP contribution in [0.3, 0.4) is 0 Å². The first-order valence-corrected chi connectivity index (χ1v) is 5.84. The van der Waals surface area contributed by atoms with E-state index in [0.29, 0.717) is 19.7 Å².